The molecule has 0 fully saturated rings. The third-order valence-electron chi connectivity index (χ3n) is 1.73. The van der Waals surface area contributed by atoms with Crippen molar-refractivity contribution in [3.63, 3.8) is 0 Å². The lowest BCUT2D eigenvalue weighted by Gasteiger charge is -2.04. The zero-order valence-electron chi connectivity index (χ0n) is 6.54. The minimum atomic E-state index is 0.514. The van der Waals surface area contributed by atoms with Crippen LogP contribution in [0.2, 0.25) is 0 Å². The van der Waals surface area contributed by atoms with Crippen LogP contribution in [0.25, 0.3) is 0 Å². The third kappa shape index (κ3) is 1.56. The van der Waals surface area contributed by atoms with Crippen LogP contribution in [0.3, 0.4) is 0 Å². The Morgan fingerprint density at radius 3 is 3.00 bits per heavy atom. The van der Waals surface area contributed by atoms with E-state index in [0.717, 1.165) is 6.42 Å². The highest BCUT2D eigenvalue weighted by Crippen LogP contribution is 2.07. The van der Waals surface area contributed by atoms with E-state index in [4.69, 9.17) is 0 Å². The van der Waals surface area contributed by atoms with E-state index in [1.54, 1.807) is 0 Å². The standard InChI is InChI=1S/C9H13N/c1-3-9-8(2)6-4-5-7-10-9/h4-8H,3H2,1-2H3. The van der Waals surface area contributed by atoms with Gasteiger partial charge < -0.3 is 0 Å². The molecule has 0 aliphatic carbocycles. The maximum absolute atomic E-state index is 4.30. The topological polar surface area (TPSA) is 12.4 Å². The van der Waals surface area contributed by atoms with E-state index in [2.05, 4.69) is 31.0 Å². The maximum Gasteiger partial charge on any atom is 0.0267 e. The molecule has 0 N–H and O–H groups in total. The quantitative estimate of drug-likeness (QED) is 0.524. The smallest absolute Gasteiger partial charge is 0.0267 e. The Bertz CT molecular complexity index is 187. The van der Waals surface area contributed by atoms with E-state index < -0.39 is 0 Å². The van der Waals surface area contributed by atoms with E-state index in [1.165, 1.54) is 5.71 Å². The van der Waals surface area contributed by atoms with Crippen molar-refractivity contribution in [2.45, 2.75) is 20.3 Å². The molecule has 1 unspecified atom stereocenters. The van der Waals surface area contributed by atoms with Gasteiger partial charge in [0.15, 0.2) is 0 Å². The molecule has 10 heavy (non-hydrogen) atoms. The molecule has 1 rings (SSSR count). The Morgan fingerprint density at radius 2 is 2.30 bits per heavy atom. The van der Waals surface area contributed by atoms with Crippen LogP contribution in [-0.2, 0) is 0 Å². The van der Waals surface area contributed by atoms with E-state index in [1.807, 2.05) is 12.3 Å². The van der Waals surface area contributed by atoms with Gasteiger partial charge in [0.05, 0.1) is 0 Å². The molecule has 0 aromatic heterocycles. The number of aliphatic imine (C=N–C) groups is 1. The molecule has 54 valence electrons. The van der Waals surface area contributed by atoms with Gasteiger partial charge in [-0.3, -0.25) is 4.99 Å². The Balaban J connectivity index is 2.77. The largest absolute Gasteiger partial charge is 0.265 e. The van der Waals surface area contributed by atoms with Crippen molar-refractivity contribution in [3.8, 4) is 0 Å². The molecule has 1 aliphatic rings. The highest BCUT2D eigenvalue weighted by atomic mass is 14.7. The zero-order chi connectivity index (χ0) is 7.40. The lowest BCUT2D eigenvalue weighted by molar-refractivity contribution is 0.958. The van der Waals surface area contributed by atoms with Gasteiger partial charge in [0.25, 0.3) is 0 Å². The van der Waals surface area contributed by atoms with Gasteiger partial charge in [0, 0.05) is 17.8 Å². The van der Waals surface area contributed by atoms with Crippen LogP contribution in [0.15, 0.2) is 29.4 Å². The number of rotatable bonds is 1. The summed E-state index contributed by atoms with van der Waals surface area (Å²) in [5, 5.41) is 0. The Kier molecular flexibility index (Phi) is 2.43. The Morgan fingerprint density at radius 1 is 1.50 bits per heavy atom. The van der Waals surface area contributed by atoms with Gasteiger partial charge in [-0.15, -0.1) is 0 Å². The molecule has 1 heterocycles. The van der Waals surface area contributed by atoms with Crippen molar-refractivity contribution in [1.29, 1.82) is 0 Å². The van der Waals surface area contributed by atoms with Crippen molar-refractivity contribution >= 4 is 5.71 Å². The fourth-order valence-corrected chi connectivity index (χ4v) is 1.06. The Hall–Kier alpha value is -0.850. The fraction of sp³-hybridized carbons (Fsp3) is 0.444. The highest BCUT2D eigenvalue weighted by molar-refractivity contribution is 5.88. The highest BCUT2D eigenvalue weighted by Gasteiger charge is 2.03. The van der Waals surface area contributed by atoms with Gasteiger partial charge in [0.1, 0.15) is 0 Å². The molecule has 0 spiro atoms. The first kappa shape index (κ1) is 7.26. The van der Waals surface area contributed by atoms with Crippen molar-refractivity contribution in [3.05, 3.63) is 24.4 Å². The lowest BCUT2D eigenvalue weighted by atomic mass is 10.0. The van der Waals surface area contributed by atoms with Gasteiger partial charge >= 0.3 is 0 Å². The molecule has 0 aromatic rings. The van der Waals surface area contributed by atoms with Crippen molar-refractivity contribution in [1.82, 2.24) is 0 Å². The zero-order valence-corrected chi connectivity index (χ0v) is 6.54. The summed E-state index contributed by atoms with van der Waals surface area (Å²) in [4.78, 5) is 4.30. The minimum absolute atomic E-state index is 0.514. The minimum Gasteiger partial charge on any atom is -0.265 e. The molecule has 1 nitrogen and oxygen atoms in total. The second-order valence-corrected chi connectivity index (χ2v) is 2.49. The van der Waals surface area contributed by atoms with Crippen LogP contribution >= 0.6 is 0 Å². The predicted octanol–water partition coefficient (Wildman–Crippen LogP) is 2.56. The summed E-state index contributed by atoms with van der Waals surface area (Å²) in [5.74, 6) is 0.514. The van der Waals surface area contributed by atoms with Crippen molar-refractivity contribution in [2.24, 2.45) is 10.9 Å². The molecule has 1 atom stereocenters. The summed E-state index contributed by atoms with van der Waals surface area (Å²) in [6.45, 7) is 4.31. The van der Waals surface area contributed by atoms with E-state index in [9.17, 15) is 0 Å². The fourth-order valence-electron chi connectivity index (χ4n) is 1.06. The van der Waals surface area contributed by atoms with Crippen LogP contribution < -0.4 is 0 Å². The average molecular weight is 135 g/mol. The second-order valence-electron chi connectivity index (χ2n) is 2.49. The van der Waals surface area contributed by atoms with Crippen LogP contribution in [0.1, 0.15) is 20.3 Å². The molecule has 0 saturated carbocycles. The first-order valence-electron chi connectivity index (χ1n) is 3.74. The summed E-state index contributed by atoms with van der Waals surface area (Å²) in [5.41, 5.74) is 1.27. The van der Waals surface area contributed by atoms with E-state index in [0.29, 0.717) is 5.92 Å². The van der Waals surface area contributed by atoms with Crippen LogP contribution in [0.5, 0.6) is 0 Å². The van der Waals surface area contributed by atoms with Gasteiger partial charge in [-0.2, -0.15) is 0 Å². The van der Waals surface area contributed by atoms with Gasteiger partial charge in [-0.1, -0.05) is 26.0 Å². The summed E-state index contributed by atoms with van der Waals surface area (Å²) >= 11 is 0. The molecule has 0 radical (unpaired) electrons. The summed E-state index contributed by atoms with van der Waals surface area (Å²) in [6.07, 6.45) is 9.11. The molecule has 1 aliphatic heterocycles. The van der Waals surface area contributed by atoms with Gasteiger partial charge in [0.2, 0.25) is 0 Å². The van der Waals surface area contributed by atoms with E-state index >= 15 is 0 Å². The number of allylic oxidation sites excluding steroid dienone is 3. The molecular formula is C9H13N. The molecular weight excluding hydrogens is 122 g/mol. The van der Waals surface area contributed by atoms with Crippen molar-refractivity contribution in [2.75, 3.05) is 0 Å². The Labute approximate surface area is 62.2 Å². The van der Waals surface area contributed by atoms with E-state index in [-0.39, 0.29) is 0 Å². The monoisotopic (exact) mass is 135 g/mol. The number of hydrogen-bond acceptors (Lipinski definition) is 1. The van der Waals surface area contributed by atoms with Crippen molar-refractivity contribution < 1.29 is 0 Å². The van der Waals surface area contributed by atoms with Gasteiger partial charge in [-0.25, -0.2) is 0 Å². The normalized spacial score (nSPS) is 24.2. The van der Waals surface area contributed by atoms with Gasteiger partial charge in [-0.05, 0) is 12.5 Å². The summed E-state index contributed by atoms with van der Waals surface area (Å²) < 4.78 is 0. The molecule has 0 bridgehead atoms. The number of hydrogen-bond donors (Lipinski definition) is 0. The first-order chi connectivity index (χ1) is 4.84. The predicted molar refractivity (Wildman–Crippen MR) is 45.2 cm³/mol. The van der Waals surface area contributed by atoms with Crippen LogP contribution in [0, 0.1) is 5.92 Å². The maximum atomic E-state index is 4.30. The summed E-state index contributed by atoms with van der Waals surface area (Å²) in [6, 6.07) is 0. The molecule has 0 amide bonds. The second kappa shape index (κ2) is 3.35. The lowest BCUT2D eigenvalue weighted by Crippen LogP contribution is -2.05. The summed E-state index contributed by atoms with van der Waals surface area (Å²) in [7, 11) is 0. The first-order valence-corrected chi connectivity index (χ1v) is 3.74. The van der Waals surface area contributed by atoms with Crippen LogP contribution in [0.4, 0.5) is 0 Å². The average Bonchev–Trinajstić information content (AvgIpc) is 2.13. The molecule has 0 saturated heterocycles. The van der Waals surface area contributed by atoms with Crippen LogP contribution in [-0.4, -0.2) is 5.71 Å². The molecule has 1 heteroatoms. The molecule has 0 aromatic carbocycles. The SMILES string of the molecule is CCC1=NC=CC=CC1C. The number of nitrogens with zero attached hydrogens (tertiary/aromatic N) is 1. The third-order valence-corrected chi connectivity index (χ3v) is 1.73.